The van der Waals surface area contributed by atoms with Crippen LogP contribution in [0.2, 0.25) is 0 Å². The molecular formula is C9H14IN. The van der Waals surface area contributed by atoms with E-state index >= 15 is 0 Å². The maximum Gasteiger partial charge on any atom is 0.178 e. The van der Waals surface area contributed by atoms with Gasteiger partial charge in [0, 0.05) is 25.5 Å². The number of hydrogen-bond acceptors (Lipinski definition) is 0. The van der Waals surface area contributed by atoms with Crippen LogP contribution in [0.3, 0.4) is 0 Å². The second kappa shape index (κ2) is 5.52. The van der Waals surface area contributed by atoms with E-state index < -0.39 is 0 Å². The van der Waals surface area contributed by atoms with Crippen molar-refractivity contribution < 1.29 is 28.5 Å². The minimum Gasteiger partial charge on any atom is -1.00 e. The van der Waals surface area contributed by atoms with Crippen molar-refractivity contribution in [3.8, 4) is 0 Å². The Morgan fingerprint density at radius 2 is 2.09 bits per heavy atom. The van der Waals surface area contributed by atoms with E-state index in [2.05, 4.69) is 42.8 Å². The zero-order valence-electron chi connectivity index (χ0n) is 7.05. The lowest BCUT2D eigenvalue weighted by Gasteiger charge is -1.95. The Kier molecular flexibility index (Phi) is 5.46. The predicted octanol–water partition coefficient (Wildman–Crippen LogP) is -1.30. The molecule has 11 heavy (non-hydrogen) atoms. The second-order valence-electron chi connectivity index (χ2n) is 2.54. The van der Waals surface area contributed by atoms with Gasteiger partial charge >= 0.3 is 0 Å². The molecule has 0 saturated carbocycles. The van der Waals surface area contributed by atoms with E-state index in [1.165, 1.54) is 12.1 Å². The highest BCUT2D eigenvalue weighted by molar-refractivity contribution is 4.93. The molecule has 1 heterocycles. The first-order valence-electron chi connectivity index (χ1n) is 3.79. The monoisotopic (exact) mass is 263 g/mol. The second-order valence-corrected chi connectivity index (χ2v) is 2.54. The van der Waals surface area contributed by atoms with Gasteiger partial charge in [-0.05, 0) is 0 Å². The van der Waals surface area contributed by atoms with E-state index in [0.717, 1.165) is 6.54 Å². The summed E-state index contributed by atoms with van der Waals surface area (Å²) in [4.78, 5) is 0. The molecule has 0 atom stereocenters. The van der Waals surface area contributed by atoms with Crippen LogP contribution in [0.15, 0.2) is 24.4 Å². The molecule has 0 bridgehead atoms. The zero-order chi connectivity index (χ0) is 7.40. The average Bonchev–Trinajstić information content (AvgIpc) is 1.94. The molecule has 0 aliphatic rings. The zero-order valence-corrected chi connectivity index (χ0v) is 9.21. The minimum absolute atomic E-state index is 0. The van der Waals surface area contributed by atoms with Crippen molar-refractivity contribution in [1.29, 1.82) is 0 Å². The Labute approximate surface area is 85.5 Å². The number of rotatable bonds is 2. The molecule has 0 aromatic carbocycles. The number of nitrogens with zero attached hydrogens (tertiary/aromatic N) is 1. The first kappa shape index (κ1) is 10.9. The average molecular weight is 263 g/mol. The maximum absolute atomic E-state index is 2.26. The molecule has 0 unspecified atom stereocenters. The van der Waals surface area contributed by atoms with Crippen molar-refractivity contribution in [3.63, 3.8) is 0 Å². The molecule has 0 saturated heterocycles. The number of pyridine rings is 1. The molecule has 62 valence electrons. The van der Waals surface area contributed by atoms with E-state index in [4.69, 9.17) is 0 Å². The lowest BCUT2D eigenvalue weighted by atomic mass is 10.3. The summed E-state index contributed by atoms with van der Waals surface area (Å²) in [6, 6.07) is 6.28. The van der Waals surface area contributed by atoms with Gasteiger partial charge in [0.15, 0.2) is 11.9 Å². The lowest BCUT2D eigenvalue weighted by molar-refractivity contribution is -0.702. The van der Waals surface area contributed by atoms with Crippen molar-refractivity contribution in [2.24, 2.45) is 0 Å². The Morgan fingerprint density at radius 1 is 1.36 bits per heavy atom. The highest BCUT2D eigenvalue weighted by atomic mass is 127. The van der Waals surface area contributed by atoms with Crippen LogP contribution in [0.25, 0.3) is 0 Å². The van der Waals surface area contributed by atoms with Crippen LogP contribution >= 0.6 is 0 Å². The fourth-order valence-electron chi connectivity index (χ4n) is 1.05. The van der Waals surface area contributed by atoms with E-state index in [9.17, 15) is 0 Å². The van der Waals surface area contributed by atoms with Crippen molar-refractivity contribution in [2.45, 2.75) is 26.8 Å². The molecule has 2 heteroatoms. The summed E-state index contributed by atoms with van der Waals surface area (Å²) >= 11 is 0. The molecule has 0 radical (unpaired) electrons. The summed E-state index contributed by atoms with van der Waals surface area (Å²) in [6.07, 6.45) is 3.33. The standard InChI is InChI=1S/C9H14N.HI/c1-3-7-10-8-5-4-6-9(10)2;/h4-6,8H,3,7H2,1-2H3;1H/q+1;/p-1. The van der Waals surface area contributed by atoms with Gasteiger partial charge in [-0.1, -0.05) is 13.0 Å². The van der Waals surface area contributed by atoms with Gasteiger partial charge in [0.05, 0.1) is 0 Å². The fourth-order valence-corrected chi connectivity index (χ4v) is 1.05. The Bertz CT molecular complexity index is 210. The molecular weight excluding hydrogens is 249 g/mol. The van der Waals surface area contributed by atoms with Gasteiger partial charge in [0.2, 0.25) is 0 Å². The number of hydrogen-bond donors (Lipinski definition) is 0. The third-order valence-electron chi connectivity index (χ3n) is 1.63. The normalized spacial score (nSPS) is 8.91. The third kappa shape index (κ3) is 3.18. The van der Waals surface area contributed by atoms with E-state index in [0.29, 0.717) is 0 Å². The first-order chi connectivity index (χ1) is 4.84. The first-order valence-corrected chi connectivity index (χ1v) is 3.79. The predicted molar refractivity (Wildman–Crippen MR) is 41.7 cm³/mol. The number of aryl methyl sites for hydroxylation is 2. The Hall–Kier alpha value is -0.120. The van der Waals surface area contributed by atoms with Gasteiger partial charge in [-0.25, -0.2) is 4.57 Å². The van der Waals surface area contributed by atoms with Crippen LogP contribution in [0, 0.1) is 6.92 Å². The smallest absolute Gasteiger partial charge is 0.178 e. The summed E-state index contributed by atoms with van der Waals surface area (Å²) < 4.78 is 2.26. The summed E-state index contributed by atoms with van der Waals surface area (Å²) in [5.74, 6) is 0. The summed E-state index contributed by atoms with van der Waals surface area (Å²) in [5.41, 5.74) is 1.34. The van der Waals surface area contributed by atoms with Gasteiger partial charge in [-0.2, -0.15) is 0 Å². The van der Waals surface area contributed by atoms with Gasteiger partial charge in [0.25, 0.3) is 0 Å². The van der Waals surface area contributed by atoms with Crippen molar-refractivity contribution in [2.75, 3.05) is 0 Å². The maximum atomic E-state index is 2.26. The number of aromatic nitrogens is 1. The van der Waals surface area contributed by atoms with Gasteiger partial charge in [0.1, 0.15) is 6.54 Å². The van der Waals surface area contributed by atoms with Crippen LogP contribution in [0.4, 0.5) is 0 Å². The van der Waals surface area contributed by atoms with Crippen LogP contribution in [-0.2, 0) is 6.54 Å². The molecule has 1 rings (SSSR count). The van der Waals surface area contributed by atoms with Gasteiger partial charge in [-0.15, -0.1) is 0 Å². The number of halogens is 1. The van der Waals surface area contributed by atoms with Crippen LogP contribution in [0.1, 0.15) is 19.0 Å². The van der Waals surface area contributed by atoms with Crippen molar-refractivity contribution in [3.05, 3.63) is 30.1 Å². The van der Waals surface area contributed by atoms with Crippen LogP contribution in [-0.4, -0.2) is 0 Å². The van der Waals surface area contributed by atoms with Crippen LogP contribution in [0.5, 0.6) is 0 Å². The molecule has 0 aliphatic carbocycles. The van der Waals surface area contributed by atoms with Crippen molar-refractivity contribution in [1.82, 2.24) is 0 Å². The van der Waals surface area contributed by atoms with Crippen LogP contribution < -0.4 is 28.5 Å². The van der Waals surface area contributed by atoms with E-state index in [1.54, 1.807) is 0 Å². The third-order valence-corrected chi connectivity index (χ3v) is 1.63. The summed E-state index contributed by atoms with van der Waals surface area (Å²) in [7, 11) is 0. The lowest BCUT2D eigenvalue weighted by Crippen LogP contribution is -3.00. The van der Waals surface area contributed by atoms with Gasteiger partial charge in [-0.3, -0.25) is 0 Å². The Morgan fingerprint density at radius 3 is 2.64 bits per heavy atom. The molecule has 0 aliphatic heterocycles. The molecule has 0 amide bonds. The molecule has 1 nitrogen and oxygen atoms in total. The van der Waals surface area contributed by atoms with E-state index in [1.807, 2.05) is 0 Å². The highest BCUT2D eigenvalue weighted by Gasteiger charge is 1.99. The highest BCUT2D eigenvalue weighted by Crippen LogP contribution is 1.87. The summed E-state index contributed by atoms with van der Waals surface area (Å²) in [5, 5.41) is 0. The van der Waals surface area contributed by atoms with Crippen molar-refractivity contribution >= 4 is 0 Å². The molecule has 0 fully saturated rings. The summed E-state index contributed by atoms with van der Waals surface area (Å²) in [6.45, 7) is 5.46. The van der Waals surface area contributed by atoms with E-state index in [-0.39, 0.29) is 24.0 Å². The molecule has 1 aromatic heterocycles. The largest absolute Gasteiger partial charge is 1.00 e. The molecule has 0 spiro atoms. The SMILES string of the molecule is CCC[n+]1ccccc1C.[I-]. The minimum atomic E-state index is 0. The molecule has 0 N–H and O–H groups in total. The Balaban J connectivity index is 0.000001000. The fraction of sp³-hybridized carbons (Fsp3) is 0.444. The van der Waals surface area contributed by atoms with Gasteiger partial charge < -0.3 is 24.0 Å². The molecule has 1 aromatic rings. The quantitative estimate of drug-likeness (QED) is 0.461. The topological polar surface area (TPSA) is 3.88 Å².